The number of likely N-dealkylation sites (N-methyl/N-ethyl adjacent to an activating group) is 1. The minimum absolute atomic E-state index is 0.261. The van der Waals surface area contributed by atoms with E-state index in [-0.39, 0.29) is 11.4 Å². The molecule has 0 saturated carbocycles. The second-order valence-corrected chi connectivity index (χ2v) is 8.27. The van der Waals surface area contributed by atoms with Gasteiger partial charge in [-0.05, 0) is 61.7 Å². The molecule has 0 radical (unpaired) electrons. The van der Waals surface area contributed by atoms with Crippen LogP contribution in [0.15, 0.2) is 59.7 Å². The number of alkyl halides is 3. The predicted molar refractivity (Wildman–Crippen MR) is 132 cm³/mol. The van der Waals surface area contributed by atoms with Gasteiger partial charge in [-0.15, -0.1) is 0 Å². The van der Waals surface area contributed by atoms with Crippen molar-refractivity contribution in [2.24, 2.45) is 10.7 Å². The first-order valence-corrected chi connectivity index (χ1v) is 11.1. The number of rotatable bonds is 6. The van der Waals surface area contributed by atoms with Crippen molar-refractivity contribution in [3.63, 3.8) is 0 Å². The first kappa shape index (κ1) is 24.3. The van der Waals surface area contributed by atoms with Gasteiger partial charge in [0.2, 0.25) is 0 Å². The largest absolute Gasteiger partial charge is 0.496 e. The lowest BCUT2D eigenvalue weighted by atomic mass is 10.1. The third-order valence-electron chi connectivity index (χ3n) is 5.80. The number of halogens is 3. The van der Waals surface area contributed by atoms with E-state index in [9.17, 15) is 13.2 Å². The quantitative estimate of drug-likeness (QED) is 0.396. The number of hydrogen-bond donors (Lipinski definition) is 2. The molecule has 3 aromatic rings. The van der Waals surface area contributed by atoms with E-state index in [1.165, 1.54) is 19.4 Å². The fourth-order valence-electron chi connectivity index (χ4n) is 3.81. The molecule has 0 bridgehead atoms. The van der Waals surface area contributed by atoms with Crippen molar-refractivity contribution in [3.05, 3.63) is 66.1 Å². The van der Waals surface area contributed by atoms with Gasteiger partial charge < -0.3 is 25.3 Å². The van der Waals surface area contributed by atoms with Gasteiger partial charge >= 0.3 is 6.18 Å². The predicted octanol–water partition coefficient (Wildman–Crippen LogP) is 4.56. The fraction of sp³-hybridized carbons (Fsp3) is 0.280. The number of H-pyrrole nitrogens is 1. The van der Waals surface area contributed by atoms with Gasteiger partial charge in [-0.3, -0.25) is 0 Å². The molecule has 7 nitrogen and oxygen atoms in total. The van der Waals surface area contributed by atoms with Crippen molar-refractivity contribution in [2.75, 3.05) is 45.2 Å². The van der Waals surface area contributed by atoms with Crippen LogP contribution in [0, 0.1) is 0 Å². The lowest BCUT2D eigenvalue weighted by Gasteiger charge is -2.34. The molecule has 1 aliphatic rings. The molecule has 0 unspecified atom stereocenters. The molecule has 2 heterocycles. The van der Waals surface area contributed by atoms with E-state index in [1.807, 2.05) is 24.3 Å². The number of imidazole rings is 1. The number of amidine groups is 1. The van der Waals surface area contributed by atoms with Crippen LogP contribution in [0.25, 0.3) is 17.3 Å². The Morgan fingerprint density at radius 3 is 2.49 bits per heavy atom. The summed E-state index contributed by atoms with van der Waals surface area (Å²) < 4.78 is 44.6. The number of nitrogens with zero attached hydrogens (tertiary/aromatic N) is 4. The monoisotopic (exact) mass is 484 g/mol. The Hall–Kier alpha value is -3.79. The molecule has 0 atom stereocenters. The smallest absolute Gasteiger partial charge is 0.416 e. The summed E-state index contributed by atoms with van der Waals surface area (Å²) in [5.41, 5.74) is 7.80. The number of methoxy groups -OCH3 is 1. The number of benzene rings is 2. The van der Waals surface area contributed by atoms with Crippen molar-refractivity contribution >= 4 is 23.3 Å². The van der Waals surface area contributed by atoms with Crippen LogP contribution in [0.1, 0.15) is 11.4 Å². The molecule has 1 saturated heterocycles. The molecule has 1 aliphatic heterocycles. The first-order valence-electron chi connectivity index (χ1n) is 11.1. The Morgan fingerprint density at radius 1 is 1.11 bits per heavy atom. The summed E-state index contributed by atoms with van der Waals surface area (Å²) in [6.07, 6.45) is 0.181. The Morgan fingerprint density at radius 2 is 1.83 bits per heavy atom. The highest BCUT2D eigenvalue weighted by atomic mass is 19.4. The lowest BCUT2D eigenvalue weighted by molar-refractivity contribution is -0.137. The van der Waals surface area contributed by atoms with Gasteiger partial charge in [0.05, 0.1) is 30.3 Å². The van der Waals surface area contributed by atoms with Gasteiger partial charge in [0.25, 0.3) is 0 Å². The number of nitrogens with one attached hydrogen (secondary N) is 1. The molecule has 10 heteroatoms. The van der Waals surface area contributed by atoms with E-state index < -0.39 is 11.7 Å². The summed E-state index contributed by atoms with van der Waals surface area (Å²) in [4.78, 5) is 16.2. The molecule has 3 N–H and O–H groups in total. The number of anilines is 1. The highest BCUT2D eigenvalue weighted by molar-refractivity contribution is 5.96. The Balaban J connectivity index is 1.45. The number of piperazine rings is 1. The summed E-state index contributed by atoms with van der Waals surface area (Å²) in [5.74, 6) is 0.994. The number of nitrogens with two attached hydrogens (primary N) is 1. The second kappa shape index (κ2) is 10.2. The van der Waals surface area contributed by atoms with Crippen LogP contribution in [0.2, 0.25) is 0 Å². The summed E-state index contributed by atoms with van der Waals surface area (Å²) in [5, 5.41) is 0. The number of hydrogen-bond acceptors (Lipinski definition) is 5. The van der Waals surface area contributed by atoms with Crippen LogP contribution in [0.4, 0.5) is 24.5 Å². The van der Waals surface area contributed by atoms with Crippen LogP contribution >= 0.6 is 0 Å². The van der Waals surface area contributed by atoms with E-state index in [1.54, 1.807) is 12.2 Å². The van der Waals surface area contributed by atoms with E-state index in [2.05, 4.69) is 31.8 Å². The topological polar surface area (TPSA) is 82.8 Å². The second-order valence-electron chi connectivity index (χ2n) is 8.27. The average Bonchev–Trinajstić information content (AvgIpc) is 3.32. The molecule has 1 aromatic heterocycles. The lowest BCUT2D eigenvalue weighted by Crippen LogP contribution is -2.44. The van der Waals surface area contributed by atoms with Crippen molar-refractivity contribution < 1.29 is 17.9 Å². The Labute approximate surface area is 201 Å². The van der Waals surface area contributed by atoms with Gasteiger partial charge in [0.1, 0.15) is 17.4 Å². The van der Waals surface area contributed by atoms with Crippen molar-refractivity contribution in [1.29, 1.82) is 0 Å². The van der Waals surface area contributed by atoms with Gasteiger partial charge in [0.15, 0.2) is 0 Å². The van der Waals surface area contributed by atoms with Crippen LogP contribution < -0.4 is 15.4 Å². The molecular formula is C25H27F3N6O. The third-order valence-corrected chi connectivity index (χ3v) is 5.80. The molecule has 0 spiro atoms. The van der Waals surface area contributed by atoms with Gasteiger partial charge in [-0.25, -0.2) is 9.98 Å². The van der Waals surface area contributed by atoms with Gasteiger partial charge in [-0.1, -0.05) is 0 Å². The molecule has 4 rings (SSSR count). The summed E-state index contributed by atoms with van der Waals surface area (Å²) in [6.45, 7) is 4.04. The summed E-state index contributed by atoms with van der Waals surface area (Å²) in [6, 6.07) is 11.2. The van der Waals surface area contributed by atoms with E-state index in [4.69, 9.17) is 10.5 Å². The maximum absolute atomic E-state index is 13.1. The third kappa shape index (κ3) is 6.02. The number of ether oxygens (including phenoxy) is 1. The van der Waals surface area contributed by atoms with E-state index in [0.717, 1.165) is 49.7 Å². The zero-order chi connectivity index (χ0) is 25.0. The highest BCUT2D eigenvalue weighted by Crippen LogP contribution is 2.36. The molecule has 184 valence electrons. The molecular weight excluding hydrogens is 457 g/mol. The zero-order valence-corrected chi connectivity index (χ0v) is 19.5. The van der Waals surface area contributed by atoms with Crippen LogP contribution in [-0.2, 0) is 6.18 Å². The Kier molecular flexibility index (Phi) is 7.11. The van der Waals surface area contributed by atoms with Crippen molar-refractivity contribution in [2.45, 2.75) is 6.18 Å². The highest BCUT2D eigenvalue weighted by Gasteiger charge is 2.31. The molecule has 2 aromatic carbocycles. The average molecular weight is 485 g/mol. The maximum Gasteiger partial charge on any atom is 0.416 e. The Bertz CT molecular complexity index is 1210. The van der Waals surface area contributed by atoms with Crippen molar-refractivity contribution in [3.8, 4) is 17.0 Å². The SMILES string of the molecule is COc1ccc(C(F)(F)F)cc1-c1cnc(/C=C\C(N)=Nc2ccc(N3CCN(C)CC3)cc2)[nH]1. The van der Waals surface area contributed by atoms with Gasteiger partial charge in [-0.2, -0.15) is 13.2 Å². The van der Waals surface area contributed by atoms with Gasteiger partial charge in [0, 0.05) is 37.4 Å². The van der Waals surface area contributed by atoms with E-state index >= 15 is 0 Å². The standard InChI is InChI=1S/C25H27F3N6O/c1-33-11-13-34(14-12-33)19-6-4-18(5-7-19)31-23(29)9-10-24-30-16-21(32-24)20-15-17(25(26,27)28)3-8-22(20)35-2/h3-10,15-16H,11-14H2,1-2H3,(H2,29,31)(H,30,32)/b10-9-. The van der Waals surface area contributed by atoms with Crippen LogP contribution in [0.5, 0.6) is 5.75 Å². The first-order chi connectivity index (χ1) is 16.7. The number of aromatic amines is 1. The van der Waals surface area contributed by atoms with Crippen LogP contribution in [0.3, 0.4) is 0 Å². The number of aliphatic imine (C=N–C) groups is 1. The molecule has 0 aliphatic carbocycles. The van der Waals surface area contributed by atoms with Crippen molar-refractivity contribution in [1.82, 2.24) is 14.9 Å². The minimum atomic E-state index is -4.46. The molecule has 1 fully saturated rings. The minimum Gasteiger partial charge on any atom is -0.496 e. The molecule has 35 heavy (non-hydrogen) atoms. The number of aromatic nitrogens is 2. The zero-order valence-electron chi connectivity index (χ0n) is 19.5. The summed E-state index contributed by atoms with van der Waals surface area (Å²) >= 11 is 0. The van der Waals surface area contributed by atoms with Crippen LogP contribution in [-0.4, -0.2) is 61.0 Å². The normalized spacial score (nSPS) is 15.7. The van der Waals surface area contributed by atoms with E-state index in [0.29, 0.717) is 17.3 Å². The summed E-state index contributed by atoms with van der Waals surface area (Å²) in [7, 11) is 3.52. The maximum atomic E-state index is 13.1. The fourth-order valence-corrected chi connectivity index (χ4v) is 3.81. The molecule has 0 amide bonds.